The Morgan fingerprint density at radius 3 is 2.65 bits per heavy atom. The van der Waals surface area contributed by atoms with E-state index in [4.69, 9.17) is 23.8 Å². The standard InChI is InChI=1S/C16H12ClN3O2S/c1-19-7-3-6-11(19)9-13-14(21)18-16(23)20(15(13)22)12-5-2-4-10(17)8-12/h2-9H,1H3,(H,18,21,23). The number of aromatic nitrogens is 1. The molecule has 0 bridgehead atoms. The summed E-state index contributed by atoms with van der Waals surface area (Å²) in [6.45, 7) is 0. The van der Waals surface area contributed by atoms with Crippen molar-refractivity contribution in [2.24, 2.45) is 7.05 Å². The maximum absolute atomic E-state index is 12.8. The fourth-order valence-corrected chi connectivity index (χ4v) is 2.74. The largest absolute Gasteiger partial charge is 0.351 e. The quantitative estimate of drug-likeness (QED) is 0.517. The van der Waals surface area contributed by atoms with Gasteiger partial charge >= 0.3 is 0 Å². The molecule has 1 aliphatic heterocycles. The lowest BCUT2D eigenvalue weighted by Gasteiger charge is -2.29. The monoisotopic (exact) mass is 345 g/mol. The number of anilines is 1. The zero-order chi connectivity index (χ0) is 16.6. The Kier molecular flexibility index (Phi) is 4.02. The van der Waals surface area contributed by atoms with Crippen LogP contribution in [0.2, 0.25) is 5.02 Å². The molecule has 1 aromatic heterocycles. The van der Waals surface area contributed by atoms with Crippen LogP contribution in [0.1, 0.15) is 5.69 Å². The molecule has 3 rings (SSSR count). The molecule has 0 unspecified atom stereocenters. The van der Waals surface area contributed by atoms with E-state index in [1.165, 1.54) is 11.0 Å². The molecule has 2 heterocycles. The number of carbonyl (C=O) groups is 2. The summed E-state index contributed by atoms with van der Waals surface area (Å²) in [5.41, 5.74) is 1.26. The first-order valence-corrected chi connectivity index (χ1v) is 7.54. The van der Waals surface area contributed by atoms with Gasteiger partial charge in [-0.15, -0.1) is 0 Å². The van der Waals surface area contributed by atoms with E-state index in [0.29, 0.717) is 10.7 Å². The van der Waals surface area contributed by atoms with Crippen LogP contribution < -0.4 is 10.2 Å². The van der Waals surface area contributed by atoms with E-state index >= 15 is 0 Å². The molecule has 1 fully saturated rings. The second-order valence-corrected chi connectivity index (χ2v) is 5.80. The molecule has 1 saturated heterocycles. The Morgan fingerprint density at radius 1 is 1.22 bits per heavy atom. The second kappa shape index (κ2) is 5.98. The van der Waals surface area contributed by atoms with E-state index in [9.17, 15) is 9.59 Å². The summed E-state index contributed by atoms with van der Waals surface area (Å²) < 4.78 is 1.81. The Hall–Kier alpha value is -2.44. The van der Waals surface area contributed by atoms with Crippen molar-refractivity contribution in [2.45, 2.75) is 0 Å². The number of carbonyl (C=O) groups excluding carboxylic acids is 2. The van der Waals surface area contributed by atoms with Crippen LogP contribution in [0.25, 0.3) is 6.08 Å². The number of amides is 2. The Labute approximate surface area is 143 Å². The van der Waals surface area contributed by atoms with Crippen LogP contribution in [0.3, 0.4) is 0 Å². The zero-order valence-corrected chi connectivity index (χ0v) is 13.7. The fraction of sp³-hybridized carbons (Fsp3) is 0.0625. The lowest BCUT2D eigenvalue weighted by molar-refractivity contribution is -0.122. The maximum atomic E-state index is 12.8. The van der Waals surface area contributed by atoms with E-state index in [0.717, 1.165) is 5.69 Å². The van der Waals surface area contributed by atoms with Gasteiger partial charge in [0.05, 0.1) is 5.69 Å². The van der Waals surface area contributed by atoms with E-state index in [2.05, 4.69) is 5.32 Å². The van der Waals surface area contributed by atoms with Crippen molar-refractivity contribution < 1.29 is 9.59 Å². The number of thiocarbonyl (C=S) groups is 1. The predicted molar refractivity (Wildman–Crippen MR) is 93.1 cm³/mol. The van der Waals surface area contributed by atoms with Crippen LogP contribution in [0, 0.1) is 0 Å². The zero-order valence-electron chi connectivity index (χ0n) is 12.1. The first kappa shape index (κ1) is 15.5. The van der Waals surface area contributed by atoms with Gasteiger partial charge in [0, 0.05) is 24.0 Å². The molecule has 0 radical (unpaired) electrons. The predicted octanol–water partition coefficient (Wildman–Crippen LogP) is 2.51. The van der Waals surface area contributed by atoms with Gasteiger partial charge in [-0.05, 0) is 48.6 Å². The highest BCUT2D eigenvalue weighted by atomic mass is 35.5. The van der Waals surface area contributed by atoms with E-state index in [1.54, 1.807) is 24.3 Å². The lowest BCUT2D eigenvalue weighted by atomic mass is 10.1. The van der Waals surface area contributed by atoms with Crippen molar-refractivity contribution in [3.8, 4) is 0 Å². The SMILES string of the molecule is Cn1cccc1C=C1C(=O)NC(=S)N(c2cccc(Cl)c2)C1=O. The molecule has 0 atom stereocenters. The van der Waals surface area contributed by atoms with Crippen molar-refractivity contribution in [3.05, 3.63) is 58.9 Å². The fourth-order valence-electron chi connectivity index (χ4n) is 2.28. The minimum absolute atomic E-state index is 0.0142. The number of hydrogen-bond acceptors (Lipinski definition) is 3. The van der Waals surface area contributed by atoms with Crippen LogP contribution in [0.4, 0.5) is 5.69 Å². The lowest BCUT2D eigenvalue weighted by Crippen LogP contribution is -2.54. The third kappa shape index (κ3) is 2.91. The summed E-state index contributed by atoms with van der Waals surface area (Å²) in [6.07, 6.45) is 3.37. The summed E-state index contributed by atoms with van der Waals surface area (Å²) in [6, 6.07) is 10.4. The number of nitrogens with zero attached hydrogens (tertiary/aromatic N) is 2. The van der Waals surface area contributed by atoms with Crippen LogP contribution in [0.15, 0.2) is 48.2 Å². The topological polar surface area (TPSA) is 54.3 Å². The molecule has 23 heavy (non-hydrogen) atoms. The normalized spacial score (nSPS) is 16.9. The van der Waals surface area contributed by atoms with Gasteiger partial charge in [-0.25, -0.2) is 0 Å². The molecule has 2 aromatic rings. The summed E-state index contributed by atoms with van der Waals surface area (Å²) in [7, 11) is 1.83. The number of hydrogen-bond donors (Lipinski definition) is 1. The van der Waals surface area contributed by atoms with Gasteiger partial charge in [-0.3, -0.25) is 19.8 Å². The first-order chi connectivity index (χ1) is 11.0. The van der Waals surface area contributed by atoms with Crippen molar-refractivity contribution in [1.82, 2.24) is 9.88 Å². The molecule has 0 spiro atoms. The first-order valence-electron chi connectivity index (χ1n) is 6.76. The summed E-state index contributed by atoms with van der Waals surface area (Å²) in [5.74, 6) is -0.998. The van der Waals surface area contributed by atoms with Crippen molar-refractivity contribution in [3.63, 3.8) is 0 Å². The molecular formula is C16H12ClN3O2S. The minimum atomic E-state index is -0.514. The van der Waals surface area contributed by atoms with Gasteiger partial charge in [0.25, 0.3) is 11.8 Å². The van der Waals surface area contributed by atoms with Crippen molar-refractivity contribution in [1.29, 1.82) is 0 Å². The summed E-state index contributed by atoms with van der Waals surface area (Å²) in [5, 5.41) is 3.05. The van der Waals surface area contributed by atoms with Gasteiger partial charge < -0.3 is 4.57 Å². The van der Waals surface area contributed by atoms with Crippen LogP contribution >= 0.6 is 23.8 Å². The van der Waals surface area contributed by atoms with Gasteiger partial charge in [-0.2, -0.15) is 0 Å². The number of aryl methyl sites for hydroxylation is 1. The van der Waals surface area contributed by atoms with Crippen LogP contribution in [-0.2, 0) is 16.6 Å². The molecule has 5 nitrogen and oxygen atoms in total. The molecule has 2 amide bonds. The average molecular weight is 346 g/mol. The molecule has 0 saturated carbocycles. The molecular weight excluding hydrogens is 334 g/mol. The third-order valence-electron chi connectivity index (χ3n) is 3.44. The highest BCUT2D eigenvalue weighted by Gasteiger charge is 2.34. The molecule has 0 aliphatic carbocycles. The van der Waals surface area contributed by atoms with Gasteiger partial charge in [0.1, 0.15) is 5.57 Å². The third-order valence-corrected chi connectivity index (χ3v) is 3.96. The van der Waals surface area contributed by atoms with Crippen LogP contribution in [0.5, 0.6) is 0 Å². The molecule has 1 aromatic carbocycles. The Bertz CT molecular complexity index is 857. The Balaban J connectivity index is 2.04. The molecule has 7 heteroatoms. The minimum Gasteiger partial charge on any atom is -0.351 e. The highest BCUT2D eigenvalue weighted by molar-refractivity contribution is 7.80. The molecule has 1 N–H and O–H groups in total. The van der Waals surface area contributed by atoms with E-state index in [-0.39, 0.29) is 10.7 Å². The maximum Gasteiger partial charge on any atom is 0.270 e. The number of halogens is 1. The number of nitrogens with one attached hydrogen (secondary N) is 1. The van der Waals surface area contributed by atoms with Crippen molar-refractivity contribution >= 4 is 52.5 Å². The van der Waals surface area contributed by atoms with E-state index < -0.39 is 11.8 Å². The van der Waals surface area contributed by atoms with Gasteiger partial charge in [-0.1, -0.05) is 17.7 Å². The Morgan fingerprint density at radius 2 is 2.00 bits per heavy atom. The number of rotatable bonds is 2. The van der Waals surface area contributed by atoms with Crippen molar-refractivity contribution in [2.75, 3.05) is 4.90 Å². The summed E-state index contributed by atoms with van der Waals surface area (Å²) >= 11 is 11.1. The smallest absolute Gasteiger partial charge is 0.270 e. The average Bonchev–Trinajstić information content (AvgIpc) is 2.88. The van der Waals surface area contributed by atoms with Gasteiger partial charge in [0.15, 0.2) is 5.11 Å². The second-order valence-electron chi connectivity index (χ2n) is 4.98. The van der Waals surface area contributed by atoms with Crippen LogP contribution in [-0.4, -0.2) is 21.5 Å². The summed E-state index contributed by atoms with van der Waals surface area (Å²) in [4.78, 5) is 26.2. The van der Waals surface area contributed by atoms with E-state index in [1.807, 2.05) is 29.9 Å². The van der Waals surface area contributed by atoms with Gasteiger partial charge in [0.2, 0.25) is 0 Å². The molecule has 116 valence electrons. The molecule has 1 aliphatic rings. The highest BCUT2D eigenvalue weighted by Crippen LogP contribution is 2.24. The number of benzene rings is 1.